The van der Waals surface area contributed by atoms with E-state index < -0.39 is 35.7 Å². The summed E-state index contributed by atoms with van der Waals surface area (Å²) in [7, 11) is 0. The molecular weight excluding hydrogens is 578 g/mol. The van der Waals surface area contributed by atoms with E-state index in [1.165, 1.54) is 109 Å². The van der Waals surface area contributed by atoms with Crippen LogP contribution in [0.1, 0.15) is 175 Å². The Labute approximate surface area is 283 Å². The molecule has 0 bridgehead atoms. The molecule has 0 aromatic heterocycles. The summed E-state index contributed by atoms with van der Waals surface area (Å²) < 4.78 is 0.587. The number of aliphatic carboxylic acids is 3. The summed E-state index contributed by atoms with van der Waals surface area (Å²) >= 11 is 0. The number of allylic oxidation sites excluding steroid dienone is 2. The number of hydrogen-bond acceptors (Lipinski definition) is 4. The van der Waals surface area contributed by atoms with Gasteiger partial charge in [-0.15, -0.1) is 0 Å². The van der Waals surface area contributed by atoms with Gasteiger partial charge in [-0.3, -0.25) is 9.59 Å². The van der Waals surface area contributed by atoms with Gasteiger partial charge in [-0.2, -0.15) is 0 Å². The molecule has 0 aromatic rings. The second-order valence-corrected chi connectivity index (χ2v) is 14.3. The van der Waals surface area contributed by atoms with Crippen molar-refractivity contribution < 1.29 is 34.2 Å². The molecule has 0 aliphatic rings. The van der Waals surface area contributed by atoms with Gasteiger partial charge in [-0.05, 0) is 32.1 Å². The Morgan fingerprint density at radius 2 is 0.848 bits per heavy atom. The van der Waals surface area contributed by atoms with Crippen molar-refractivity contribution in [2.24, 2.45) is 17.8 Å². The fourth-order valence-electron chi connectivity index (χ4n) is 6.26. The van der Waals surface area contributed by atoms with Gasteiger partial charge in [-0.25, -0.2) is 0 Å². The first-order valence-corrected chi connectivity index (χ1v) is 19.2. The van der Waals surface area contributed by atoms with Gasteiger partial charge < -0.3 is 24.6 Å². The molecule has 0 saturated carbocycles. The Morgan fingerprint density at radius 3 is 1.17 bits per heavy atom. The van der Waals surface area contributed by atoms with Crippen molar-refractivity contribution in [1.29, 1.82) is 0 Å². The first-order valence-electron chi connectivity index (χ1n) is 19.2. The third-order valence-electron chi connectivity index (χ3n) is 10.0. The zero-order chi connectivity index (χ0) is 34.5. The molecule has 0 fully saturated rings. The van der Waals surface area contributed by atoms with Crippen LogP contribution in [-0.2, 0) is 14.4 Å². The highest BCUT2D eigenvalue weighted by Crippen LogP contribution is 2.22. The van der Waals surface area contributed by atoms with Crippen LogP contribution in [0.3, 0.4) is 0 Å². The zero-order valence-corrected chi connectivity index (χ0v) is 30.5. The van der Waals surface area contributed by atoms with Gasteiger partial charge >= 0.3 is 11.9 Å². The molecule has 0 aliphatic carbocycles. The Balaban J connectivity index is 4.25. The highest BCUT2D eigenvalue weighted by molar-refractivity contribution is 5.69. The lowest BCUT2D eigenvalue weighted by Gasteiger charge is -2.41. The molecule has 0 aromatic carbocycles. The van der Waals surface area contributed by atoms with Gasteiger partial charge in [0.15, 0.2) is 0 Å². The first-order chi connectivity index (χ1) is 22.0. The number of nitrogens with zero attached hydrogens (tertiary/aromatic N) is 1. The Bertz CT molecular complexity index is 738. The summed E-state index contributed by atoms with van der Waals surface area (Å²) in [5.41, 5.74) is 0. The molecule has 0 aliphatic heterocycles. The largest absolute Gasteiger partial charge is 0.550 e. The van der Waals surface area contributed by atoms with Crippen LogP contribution in [0.25, 0.3) is 0 Å². The molecule has 270 valence electrons. The summed E-state index contributed by atoms with van der Waals surface area (Å²) in [5, 5.41) is 30.3. The van der Waals surface area contributed by atoms with E-state index in [0.29, 0.717) is 43.4 Å². The topological polar surface area (TPSA) is 115 Å². The minimum Gasteiger partial charge on any atom is -0.550 e. The molecule has 0 rings (SSSR count). The van der Waals surface area contributed by atoms with E-state index in [4.69, 9.17) is 0 Å². The second kappa shape index (κ2) is 29.3. The van der Waals surface area contributed by atoms with Crippen LogP contribution in [-0.4, -0.2) is 58.8 Å². The van der Waals surface area contributed by atoms with E-state index in [2.05, 4.69) is 19.1 Å². The summed E-state index contributed by atoms with van der Waals surface area (Å²) in [4.78, 5) is 34.4. The monoisotopic (exact) mass is 652 g/mol. The third-order valence-corrected chi connectivity index (χ3v) is 10.0. The molecule has 0 radical (unpaired) electrons. The maximum absolute atomic E-state index is 11.5. The fourth-order valence-corrected chi connectivity index (χ4v) is 6.26. The maximum Gasteiger partial charge on any atom is 0.306 e. The standard InChI is InChI=1S/C39H73NO6/c1-5-6-7-8-9-10-11-12-13-14-15-16-17-18-19-20-21-22-23-24-25-26-30-40(31-27-34(2)37(41)42,32-28-35(3)38(43)44)33-29-36(4)39(45)46/h6-7,34-36H,5,8-33H2,1-4H3,(H2-,41,42,43,44,45,46)/b7-6+. The van der Waals surface area contributed by atoms with Crippen molar-refractivity contribution in [3.8, 4) is 0 Å². The molecule has 0 amide bonds. The summed E-state index contributed by atoms with van der Waals surface area (Å²) in [6.07, 6.45) is 32.0. The van der Waals surface area contributed by atoms with Crippen LogP contribution in [0.4, 0.5) is 0 Å². The van der Waals surface area contributed by atoms with Crippen molar-refractivity contribution >= 4 is 17.9 Å². The average molecular weight is 652 g/mol. The number of carbonyl (C=O) groups excluding carboxylic acids is 1. The van der Waals surface area contributed by atoms with Gasteiger partial charge in [0.25, 0.3) is 0 Å². The van der Waals surface area contributed by atoms with Gasteiger partial charge in [0.2, 0.25) is 0 Å². The fraction of sp³-hybridized carbons (Fsp3) is 0.872. The number of quaternary nitrogens is 1. The SMILES string of the molecule is CC/C=C/CCCCCCCCCCCCCCCCCCCC[N+](CCC(C)C(=O)[O-])(CCC(C)C(=O)O)CCC(C)C(=O)O. The van der Waals surface area contributed by atoms with Gasteiger partial charge in [0.05, 0.1) is 38.0 Å². The van der Waals surface area contributed by atoms with Gasteiger partial charge in [-0.1, -0.05) is 136 Å². The predicted molar refractivity (Wildman–Crippen MR) is 189 cm³/mol. The zero-order valence-electron chi connectivity index (χ0n) is 30.5. The molecule has 3 atom stereocenters. The van der Waals surface area contributed by atoms with Gasteiger partial charge in [0, 0.05) is 31.1 Å². The Morgan fingerprint density at radius 1 is 0.522 bits per heavy atom. The smallest absolute Gasteiger partial charge is 0.306 e. The third kappa shape index (κ3) is 25.2. The van der Waals surface area contributed by atoms with Crippen LogP contribution in [0, 0.1) is 17.8 Å². The van der Waals surface area contributed by atoms with E-state index >= 15 is 0 Å². The molecule has 0 heterocycles. The quantitative estimate of drug-likeness (QED) is 0.0407. The highest BCUT2D eigenvalue weighted by Gasteiger charge is 2.30. The summed E-state index contributed by atoms with van der Waals surface area (Å²) in [6.45, 7) is 9.94. The van der Waals surface area contributed by atoms with Crippen LogP contribution < -0.4 is 5.11 Å². The van der Waals surface area contributed by atoms with E-state index in [1.807, 2.05) is 0 Å². The summed E-state index contributed by atoms with van der Waals surface area (Å²) in [5.74, 6) is -4.30. The summed E-state index contributed by atoms with van der Waals surface area (Å²) in [6, 6.07) is 0. The highest BCUT2D eigenvalue weighted by atomic mass is 16.4. The number of carbonyl (C=O) groups is 3. The molecular formula is C39H73NO6. The van der Waals surface area contributed by atoms with E-state index in [-0.39, 0.29) is 0 Å². The lowest BCUT2D eigenvalue weighted by atomic mass is 10.0. The van der Waals surface area contributed by atoms with E-state index in [0.717, 1.165) is 25.8 Å². The Hall–Kier alpha value is -1.89. The predicted octanol–water partition coefficient (Wildman–Crippen LogP) is 9.18. The van der Waals surface area contributed by atoms with Crippen molar-refractivity contribution in [3.63, 3.8) is 0 Å². The lowest BCUT2D eigenvalue weighted by molar-refractivity contribution is -0.929. The molecule has 0 spiro atoms. The van der Waals surface area contributed by atoms with Gasteiger partial charge in [0.1, 0.15) is 0 Å². The van der Waals surface area contributed by atoms with E-state index in [1.54, 1.807) is 20.8 Å². The molecule has 2 N–H and O–H groups in total. The minimum absolute atomic E-state index is 0.447. The lowest BCUT2D eigenvalue weighted by Crippen LogP contribution is -2.52. The van der Waals surface area contributed by atoms with Crippen LogP contribution in [0.5, 0.6) is 0 Å². The second-order valence-electron chi connectivity index (χ2n) is 14.3. The van der Waals surface area contributed by atoms with Crippen molar-refractivity contribution in [3.05, 3.63) is 12.2 Å². The van der Waals surface area contributed by atoms with Crippen LogP contribution in [0.15, 0.2) is 12.2 Å². The number of carboxylic acids is 3. The van der Waals surface area contributed by atoms with Crippen LogP contribution >= 0.6 is 0 Å². The van der Waals surface area contributed by atoms with Crippen molar-refractivity contribution in [1.82, 2.24) is 0 Å². The minimum atomic E-state index is -1.07. The number of rotatable bonds is 34. The van der Waals surface area contributed by atoms with Crippen molar-refractivity contribution in [2.75, 3.05) is 26.2 Å². The number of hydrogen-bond donors (Lipinski definition) is 2. The number of carboxylic acid groups (broad SMARTS) is 3. The normalized spacial score (nSPS) is 15.0. The molecule has 3 unspecified atom stereocenters. The van der Waals surface area contributed by atoms with Crippen molar-refractivity contribution in [2.45, 2.75) is 175 Å². The molecule has 0 saturated heterocycles. The number of unbranched alkanes of at least 4 members (excludes halogenated alkanes) is 18. The Kier molecular flexibility index (Phi) is 28.1. The van der Waals surface area contributed by atoms with Crippen LogP contribution in [0.2, 0.25) is 0 Å². The maximum atomic E-state index is 11.5. The van der Waals surface area contributed by atoms with E-state index in [9.17, 15) is 29.7 Å². The average Bonchev–Trinajstić information content (AvgIpc) is 3.03. The first kappa shape index (κ1) is 44.1. The molecule has 46 heavy (non-hydrogen) atoms. The molecule has 7 nitrogen and oxygen atoms in total. The molecule has 7 heteroatoms.